The summed E-state index contributed by atoms with van der Waals surface area (Å²) < 4.78 is 3.75. The molecular weight excluding hydrogens is 594 g/mol. The van der Waals surface area contributed by atoms with Gasteiger partial charge in [-0.15, -0.1) is 11.3 Å². The second-order valence-corrected chi connectivity index (χ2v) is 13.5. The van der Waals surface area contributed by atoms with Crippen LogP contribution >= 0.6 is 27.3 Å². The number of para-hydroxylation sites is 2. The van der Waals surface area contributed by atoms with Crippen molar-refractivity contribution < 1.29 is 0 Å². The summed E-state index contributed by atoms with van der Waals surface area (Å²) in [5, 5.41) is 2.65. The molecule has 2 heterocycles. The van der Waals surface area contributed by atoms with E-state index in [1.165, 1.54) is 70.6 Å². The number of thiophene rings is 1. The van der Waals surface area contributed by atoms with E-state index < -0.39 is 0 Å². The molecule has 7 aromatic rings. The summed E-state index contributed by atoms with van der Waals surface area (Å²) in [4.78, 5) is 2.41. The predicted octanol–water partition coefficient (Wildman–Crippen LogP) is 12.3. The Balaban J connectivity index is 1.30. The van der Waals surface area contributed by atoms with Gasteiger partial charge in [0.15, 0.2) is 0 Å². The van der Waals surface area contributed by atoms with E-state index in [0.29, 0.717) is 0 Å². The maximum atomic E-state index is 3.86. The number of rotatable bonds is 3. The zero-order valence-electron chi connectivity index (χ0n) is 23.4. The van der Waals surface area contributed by atoms with E-state index in [9.17, 15) is 0 Å². The van der Waals surface area contributed by atoms with E-state index in [1.54, 1.807) is 0 Å². The summed E-state index contributed by atoms with van der Waals surface area (Å²) in [6.07, 6.45) is 0. The number of anilines is 3. The molecule has 1 aromatic heterocycles. The first-order valence-electron chi connectivity index (χ1n) is 14.3. The average molecular weight is 623 g/mol. The van der Waals surface area contributed by atoms with Crippen LogP contribution in [-0.2, 0) is 5.41 Å². The standard InChI is InChI=1S/C39H28BrNS/c1-39(2)33-16-7-8-17-35(33)41(29-11-4-3-5-12-29)36-20-19-25(24-34(36)39)26-21-27(23-28(40)22-26)30-14-10-15-32-31-13-6-9-18-37(31)42-38(30)32/h3-24H,1-2H3. The Kier molecular flexibility index (Phi) is 5.89. The molecule has 0 saturated heterocycles. The first-order valence-corrected chi connectivity index (χ1v) is 15.9. The Morgan fingerprint density at radius 1 is 0.571 bits per heavy atom. The van der Waals surface area contributed by atoms with E-state index >= 15 is 0 Å². The van der Waals surface area contributed by atoms with Crippen LogP contribution in [0, 0.1) is 0 Å². The molecule has 6 aromatic carbocycles. The molecular formula is C39H28BrNS. The van der Waals surface area contributed by atoms with Crippen LogP contribution in [0.3, 0.4) is 0 Å². The molecule has 0 spiro atoms. The van der Waals surface area contributed by atoms with Crippen molar-refractivity contribution in [2.75, 3.05) is 4.90 Å². The number of benzene rings is 6. The summed E-state index contributed by atoms with van der Waals surface area (Å²) >= 11 is 5.74. The predicted molar refractivity (Wildman–Crippen MR) is 185 cm³/mol. The number of halogens is 1. The third-order valence-corrected chi connectivity index (χ3v) is 10.4. The molecule has 1 aliphatic rings. The van der Waals surface area contributed by atoms with Crippen molar-refractivity contribution in [2.45, 2.75) is 19.3 Å². The molecule has 0 unspecified atom stereocenters. The van der Waals surface area contributed by atoms with Crippen LogP contribution in [0.4, 0.5) is 17.1 Å². The maximum Gasteiger partial charge on any atom is 0.0503 e. The molecule has 42 heavy (non-hydrogen) atoms. The van der Waals surface area contributed by atoms with Crippen LogP contribution in [0.1, 0.15) is 25.0 Å². The Bertz CT molecular complexity index is 2140. The molecule has 0 atom stereocenters. The minimum Gasteiger partial charge on any atom is -0.310 e. The van der Waals surface area contributed by atoms with Crippen molar-refractivity contribution in [2.24, 2.45) is 0 Å². The van der Waals surface area contributed by atoms with E-state index in [0.717, 1.165) is 4.47 Å². The quantitative estimate of drug-likeness (QED) is 0.190. The first-order chi connectivity index (χ1) is 20.5. The van der Waals surface area contributed by atoms with Gasteiger partial charge in [-0.2, -0.15) is 0 Å². The zero-order chi connectivity index (χ0) is 28.4. The van der Waals surface area contributed by atoms with Crippen molar-refractivity contribution in [1.82, 2.24) is 0 Å². The number of fused-ring (bicyclic) bond motifs is 5. The number of nitrogens with zero attached hydrogens (tertiary/aromatic N) is 1. The minimum atomic E-state index is -0.148. The third kappa shape index (κ3) is 3.95. The van der Waals surface area contributed by atoms with E-state index in [-0.39, 0.29) is 5.41 Å². The Morgan fingerprint density at radius 3 is 2.17 bits per heavy atom. The summed E-state index contributed by atoms with van der Waals surface area (Å²) in [5.41, 5.74) is 11.1. The number of hydrogen-bond acceptors (Lipinski definition) is 2. The molecule has 8 rings (SSSR count). The molecule has 1 aliphatic heterocycles. The molecule has 0 radical (unpaired) electrons. The van der Waals surface area contributed by atoms with Crippen LogP contribution in [0.5, 0.6) is 0 Å². The molecule has 0 N–H and O–H groups in total. The Morgan fingerprint density at radius 2 is 1.29 bits per heavy atom. The minimum absolute atomic E-state index is 0.148. The third-order valence-electron chi connectivity index (χ3n) is 8.69. The van der Waals surface area contributed by atoms with Crippen LogP contribution in [0.15, 0.2) is 138 Å². The van der Waals surface area contributed by atoms with Gasteiger partial charge < -0.3 is 4.90 Å². The van der Waals surface area contributed by atoms with Crippen LogP contribution < -0.4 is 4.90 Å². The highest BCUT2D eigenvalue weighted by Crippen LogP contribution is 2.52. The van der Waals surface area contributed by atoms with E-state index in [1.807, 2.05) is 11.3 Å². The Hall–Kier alpha value is -4.18. The van der Waals surface area contributed by atoms with Crippen molar-refractivity contribution in [3.63, 3.8) is 0 Å². The SMILES string of the molecule is CC1(C)c2ccccc2N(c2ccccc2)c2ccc(-c3cc(Br)cc(-c4cccc5c4sc4ccccc45)c3)cc21. The molecule has 1 nitrogen and oxygen atoms in total. The Labute approximate surface area is 258 Å². The lowest BCUT2D eigenvalue weighted by atomic mass is 9.73. The van der Waals surface area contributed by atoms with Gasteiger partial charge in [-0.3, -0.25) is 0 Å². The normalized spacial score (nSPS) is 13.7. The smallest absolute Gasteiger partial charge is 0.0503 e. The maximum absolute atomic E-state index is 3.86. The fraction of sp³-hybridized carbons (Fsp3) is 0.0769. The van der Waals surface area contributed by atoms with Crippen molar-refractivity contribution in [1.29, 1.82) is 0 Å². The summed E-state index contributed by atoms with van der Waals surface area (Å²) in [5.74, 6) is 0. The monoisotopic (exact) mass is 621 g/mol. The molecule has 202 valence electrons. The lowest BCUT2D eigenvalue weighted by Gasteiger charge is -2.42. The van der Waals surface area contributed by atoms with Crippen LogP contribution in [-0.4, -0.2) is 0 Å². The lowest BCUT2D eigenvalue weighted by Crippen LogP contribution is -2.30. The average Bonchev–Trinajstić information content (AvgIpc) is 3.40. The fourth-order valence-electron chi connectivity index (χ4n) is 6.62. The van der Waals surface area contributed by atoms with Crippen molar-refractivity contribution in [3.05, 3.63) is 149 Å². The first kappa shape index (κ1) is 25.5. The zero-order valence-corrected chi connectivity index (χ0v) is 25.8. The molecule has 0 amide bonds. The van der Waals surface area contributed by atoms with Crippen molar-refractivity contribution >= 4 is 64.5 Å². The summed E-state index contributed by atoms with van der Waals surface area (Å²) in [7, 11) is 0. The van der Waals surface area contributed by atoms with Gasteiger partial charge in [0.05, 0.1) is 11.4 Å². The van der Waals surface area contributed by atoms with Crippen molar-refractivity contribution in [3.8, 4) is 22.3 Å². The highest BCUT2D eigenvalue weighted by atomic mass is 79.9. The summed E-state index contributed by atoms with van der Waals surface area (Å²) in [6, 6.07) is 48.8. The number of hydrogen-bond donors (Lipinski definition) is 0. The highest BCUT2D eigenvalue weighted by molar-refractivity contribution is 9.10. The van der Waals surface area contributed by atoms with Crippen LogP contribution in [0.2, 0.25) is 0 Å². The van der Waals surface area contributed by atoms with Gasteiger partial charge in [-0.05, 0) is 88.0 Å². The van der Waals surface area contributed by atoms with Gasteiger partial charge in [0, 0.05) is 35.7 Å². The molecule has 0 saturated carbocycles. The summed E-state index contributed by atoms with van der Waals surface area (Å²) in [6.45, 7) is 4.70. The molecule has 0 aliphatic carbocycles. The topological polar surface area (TPSA) is 3.24 Å². The molecule has 0 bridgehead atoms. The van der Waals surface area contributed by atoms with Gasteiger partial charge >= 0.3 is 0 Å². The molecule has 3 heteroatoms. The fourth-order valence-corrected chi connectivity index (χ4v) is 8.36. The van der Waals surface area contributed by atoms with Crippen LogP contribution in [0.25, 0.3) is 42.4 Å². The van der Waals surface area contributed by atoms with Gasteiger partial charge in [0.1, 0.15) is 0 Å². The largest absolute Gasteiger partial charge is 0.310 e. The van der Waals surface area contributed by atoms with E-state index in [2.05, 4.69) is 168 Å². The van der Waals surface area contributed by atoms with Gasteiger partial charge in [0.2, 0.25) is 0 Å². The van der Waals surface area contributed by atoms with E-state index in [4.69, 9.17) is 0 Å². The second kappa shape index (κ2) is 9.69. The highest BCUT2D eigenvalue weighted by Gasteiger charge is 2.36. The van der Waals surface area contributed by atoms with Gasteiger partial charge in [-0.1, -0.05) is 109 Å². The van der Waals surface area contributed by atoms with Gasteiger partial charge in [0.25, 0.3) is 0 Å². The van der Waals surface area contributed by atoms with Gasteiger partial charge in [-0.25, -0.2) is 0 Å². The lowest BCUT2D eigenvalue weighted by molar-refractivity contribution is 0.632. The second-order valence-electron chi connectivity index (χ2n) is 11.6. The molecule has 0 fully saturated rings.